The first kappa shape index (κ1) is 16.0. The van der Waals surface area contributed by atoms with Crippen molar-refractivity contribution in [2.75, 3.05) is 26.2 Å². The molecule has 1 amide bonds. The van der Waals surface area contributed by atoms with Crippen LogP contribution in [0.2, 0.25) is 0 Å². The van der Waals surface area contributed by atoms with Crippen molar-refractivity contribution in [3.8, 4) is 0 Å². The average Bonchev–Trinajstić information content (AvgIpc) is 2.54. The highest BCUT2D eigenvalue weighted by Crippen LogP contribution is 2.11. The van der Waals surface area contributed by atoms with E-state index in [-0.39, 0.29) is 5.91 Å². The summed E-state index contributed by atoms with van der Waals surface area (Å²) in [5.74, 6) is 0.0858. The second-order valence-electron chi connectivity index (χ2n) is 5.91. The normalized spacial score (nSPS) is 19.3. The minimum atomic E-state index is -0.428. The van der Waals surface area contributed by atoms with Gasteiger partial charge in [-0.2, -0.15) is 0 Å². The third-order valence-corrected chi connectivity index (χ3v) is 4.46. The molecule has 4 heteroatoms. The Kier molecular flexibility index (Phi) is 5.76. The molecule has 4 nitrogen and oxygen atoms in total. The molecule has 2 rings (SSSR count). The molecule has 0 radical (unpaired) electrons. The summed E-state index contributed by atoms with van der Waals surface area (Å²) in [6.07, 6.45) is 1.77. The number of benzene rings is 1. The van der Waals surface area contributed by atoms with Crippen molar-refractivity contribution < 1.29 is 4.79 Å². The predicted octanol–water partition coefficient (Wildman–Crippen LogP) is 1.50. The molecule has 1 fully saturated rings. The molecule has 0 aliphatic carbocycles. The maximum Gasteiger partial charge on any atom is 0.239 e. The number of hydrogen-bond acceptors (Lipinski definition) is 3. The van der Waals surface area contributed by atoms with E-state index in [4.69, 9.17) is 5.73 Å². The second-order valence-corrected chi connectivity index (χ2v) is 5.91. The van der Waals surface area contributed by atoms with Crippen molar-refractivity contribution in [3.05, 3.63) is 35.9 Å². The molecule has 0 aromatic heterocycles. The number of nitrogens with two attached hydrogens (primary N) is 1. The maximum atomic E-state index is 12.4. The van der Waals surface area contributed by atoms with Crippen LogP contribution in [0.1, 0.15) is 25.8 Å². The van der Waals surface area contributed by atoms with Crippen molar-refractivity contribution in [3.63, 3.8) is 0 Å². The molecule has 2 N–H and O–H groups in total. The Morgan fingerprint density at radius 1 is 1.19 bits per heavy atom. The zero-order valence-electron chi connectivity index (χ0n) is 13.2. The van der Waals surface area contributed by atoms with Crippen LogP contribution in [-0.4, -0.2) is 54.0 Å². The van der Waals surface area contributed by atoms with Gasteiger partial charge in [0.05, 0.1) is 6.04 Å². The molecule has 2 atom stereocenters. The van der Waals surface area contributed by atoms with Crippen LogP contribution in [-0.2, 0) is 11.2 Å². The van der Waals surface area contributed by atoms with Gasteiger partial charge in [-0.25, -0.2) is 0 Å². The number of amides is 1. The van der Waals surface area contributed by atoms with Gasteiger partial charge in [-0.1, -0.05) is 37.3 Å². The van der Waals surface area contributed by atoms with Crippen molar-refractivity contribution in [2.24, 2.45) is 5.73 Å². The number of nitrogens with zero attached hydrogens (tertiary/aromatic N) is 2. The summed E-state index contributed by atoms with van der Waals surface area (Å²) in [5, 5.41) is 0. The summed E-state index contributed by atoms with van der Waals surface area (Å²) in [6.45, 7) is 7.96. The third kappa shape index (κ3) is 4.29. The second kappa shape index (κ2) is 7.57. The van der Waals surface area contributed by atoms with Crippen molar-refractivity contribution in [2.45, 2.75) is 38.8 Å². The van der Waals surface area contributed by atoms with Crippen LogP contribution in [0.4, 0.5) is 0 Å². The first-order valence-corrected chi connectivity index (χ1v) is 7.94. The fourth-order valence-corrected chi connectivity index (χ4v) is 2.83. The van der Waals surface area contributed by atoms with E-state index in [1.54, 1.807) is 0 Å². The molecule has 0 spiro atoms. The highest BCUT2D eigenvalue weighted by atomic mass is 16.2. The van der Waals surface area contributed by atoms with E-state index in [0.717, 1.165) is 38.2 Å². The first-order valence-electron chi connectivity index (χ1n) is 7.94. The van der Waals surface area contributed by atoms with Gasteiger partial charge in [0, 0.05) is 32.2 Å². The van der Waals surface area contributed by atoms with E-state index in [9.17, 15) is 4.79 Å². The molecule has 1 heterocycles. The van der Waals surface area contributed by atoms with Crippen molar-refractivity contribution >= 4 is 5.91 Å². The van der Waals surface area contributed by atoms with E-state index >= 15 is 0 Å². The lowest BCUT2D eigenvalue weighted by Crippen LogP contribution is -2.55. The first-order chi connectivity index (χ1) is 10.1. The molecular formula is C17H27N3O. The van der Waals surface area contributed by atoms with E-state index in [2.05, 4.69) is 18.7 Å². The molecule has 1 saturated heterocycles. The van der Waals surface area contributed by atoms with Gasteiger partial charge in [0.2, 0.25) is 5.91 Å². The number of piperazine rings is 1. The summed E-state index contributed by atoms with van der Waals surface area (Å²) in [5.41, 5.74) is 7.22. The molecule has 1 unspecified atom stereocenters. The van der Waals surface area contributed by atoms with Crippen molar-refractivity contribution in [1.82, 2.24) is 9.80 Å². The van der Waals surface area contributed by atoms with Crippen LogP contribution in [0.15, 0.2) is 30.3 Å². The SMILES string of the molecule is CCC(C)N1CCN(C(=O)[C@H](N)Cc2ccccc2)CC1. The predicted molar refractivity (Wildman–Crippen MR) is 86.0 cm³/mol. The van der Waals surface area contributed by atoms with Gasteiger partial charge < -0.3 is 10.6 Å². The number of carbonyl (C=O) groups is 1. The van der Waals surface area contributed by atoms with E-state index in [1.165, 1.54) is 0 Å². The lowest BCUT2D eigenvalue weighted by molar-refractivity contribution is -0.134. The summed E-state index contributed by atoms with van der Waals surface area (Å²) in [4.78, 5) is 16.8. The van der Waals surface area contributed by atoms with Crippen LogP contribution < -0.4 is 5.73 Å². The lowest BCUT2D eigenvalue weighted by atomic mass is 10.1. The lowest BCUT2D eigenvalue weighted by Gasteiger charge is -2.38. The Balaban J connectivity index is 1.84. The summed E-state index contributed by atoms with van der Waals surface area (Å²) >= 11 is 0. The maximum absolute atomic E-state index is 12.4. The van der Waals surface area contributed by atoms with E-state index in [0.29, 0.717) is 12.5 Å². The molecule has 1 aromatic rings. The van der Waals surface area contributed by atoms with Crippen LogP contribution in [0.25, 0.3) is 0 Å². The van der Waals surface area contributed by atoms with Crippen LogP contribution in [0.5, 0.6) is 0 Å². The Bertz CT molecular complexity index is 441. The summed E-state index contributed by atoms with van der Waals surface area (Å²) in [6, 6.07) is 10.2. The van der Waals surface area contributed by atoms with E-state index < -0.39 is 6.04 Å². The Labute approximate surface area is 127 Å². The minimum absolute atomic E-state index is 0.0858. The highest BCUT2D eigenvalue weighted by molar-refractivity contribution is 5.82. The van der Waals surface area contributed by atoms with Crippen LogP contribution in [0.3, 0.4) is 0 Å². The summed E-state index contributed by atoms with van der Waals surface area (Å²) in [7, 11) is 0. The number of carbonyl (C=O) groups excluding carboxylic acids is 1. The molecule has 0 saturated carbocycles. The van der Waals surface area contributed by atoms with Crippen LogP contribution in [0, 0.1) is 0 Å². The van der Waals surface area contributed by atoms with Gasteiger partial charge in [-0.3, -0.25) is 9.69 Å². The van der Waals surface area contributed by atoms with Gasteiger partial charge in [0.25, 0.3) is 0 Å². The monoisotopic (exact) mass is 289 g/mol. The Morgan fingerprint density at radius 2 is 1.81 bits per heavy atom. The smallest absolute Gasteiger partial charge is 0.239 e. The minimum Gasteiger partial charge on any atom is -0.339 e. The molecular weight excluding hydrogens is 262 g/mol. The topological polar surface area (TPSA) is 49.6 Å². The van der Waals surface area contributed by atoms with Gasteiger partial charge in [-0.15, -0.1) is 0 Å². The molecule has 116 valence electrons. The van der Waals surface area contributed by atoms with Crippen LogP contribution >= 0.6 is 0 Å². The fraction of sp³-hybridized carbons (Fsp3) is 0.588. The zero-order valence-corrected chi connectivity index (χ0v) is 13.2. The number of rotatable bonds is 5. The zero-order chi connectivity index (χ0) is 15.2. The molecule has 21 heavy (non-hydrogen) atoms. The van der Waals surface area contributed by atoms with Gasteiger partial charge in [-0.05, 0) is 25.3 Å². The largest absolute Gasteiger partial charge is 0.339 e. The highest BCUT2D eigenvalue weighted by Gasteiger charge is 2.26. The molecule has 1 aromatic carbocycles. The average molecular weight is 289 g/mol. The quantitative estimate of drug-likeness (QED) is 0.893. The number of hydrogen-bond donors (Lipinski definition) is 1. The van der Waals surface area contributed by atoms with Gasteiger partial charge >= 0.3 is 0 Å². The molecule has 1 aliphatic rings. The Morgan fingerprint density at radius 3 is 2.38 bits per heavy atom. The van der Waals surface area contributed by atoms with Crippen molar-refractivity contribution in [1.29, 1.82) is 0 Å². The molecule has 0 bridgehead atoms. The van der Waals surface area contributed by atoms with Gasteiger partial charge in [0.15, 0.2) is 0 Å². The molecule has 1 aliphatic heterocycles. The fourth-order valence-electron chi connectivity index (χ4n) is 2.83. The Hall–Kier alpha value is -1.39. The van der Waals surface area contributed by atoms with Gasteiger partial charge in [0.1, 0.15) is 0 Å². The third-order valence-electron chi connectivity index (χ3n) is 4.46. The standard InChI is InChI=1S/C17H27N3O/c1-3-14(2)19-9-11-20(12-10-19)17(21)16(18)13-15-7-5-4-6-8-15/h4-8,14,16H,3,9-13,18H2,1-2H3/t14?,16-/m1/s1. The summed E-state index contributed by atoms with van der Waals surface area (Å²) < 4.78 is 0. The van der Waals surface area contributed by atoms with E-state index in [1.807, 2.05) is 35.2 Å².